The third-order valence-corrected chi connectivity index (χ3v) is 2.31. The summed E-state index contributed by atoms with van der Waals surface area (Å²) in [5, 5.41) is 0. The van der Waals surface area contributed by atoms with Crippen molar-refractivity contribution in [2.45, 2.75) is 32.9 Å². The monoisotopic (exact) mass is 197 g/mol. The van der Waals surface area contributed by atoms with Crippen LogP contribution in [0.2, 0.25) is 0 Å². The largest absolute Gasteiger partial charge is 0.468 e. The first-order valence-electron chi connectivity index (χ1n) is 4.78. The molecule has 0 fully saturated rings. The zero-order valence-corrected chi connectivity index (χ0v) is 9.28. The van der Waals surface area contributed by atoms with E-state index in [-0.39, 0.29) is 17.6 Å². The second-order valence-corrected chi connectivity index (χ2v) is 4.56. The van der Waals surface area contributed by atoms with Crippen molar-refractivity contribution in [2.75, 3.05) is 7.11 Å². The molecule has 2 atom stereocenters. The molecule has 0 saturated heterocycles. The number of hydrogen-bond acceptors (Lipinski definition) is 3. The van der Waals surface area contributed by atoms with E-state index < -0.39 is 0 Å². The third kappa shape index (κ3) is 2.36. The summed E-state index contributed by atoms with van der Waals surface area (Å²) in [6, 6.07) is 3.50. The molecule has 0 aliphatic heterocycles. The van der Waals surface area contributed by atoms with Crippen LogP contribution in [-0.4, -0.2) is 13.2 Å². The second-order valence-electron chi connectivity index (χ2n) is 4.56. The van der Waals surface area contributed by atoms with Gasteiger partial charge in [-0.3, -0.25) is 0 Å². The molecule has 1 heterocycles. The van der Waals surface area contributed by atoms with Crippen LogP contribution in [0.1, 0.15) is 32.6 Å². The van der Waals surface area contributed by atoms with E-state index in [9.17, 15) is 0 Å². The van der Waals surface area contributed by atoms with E-state index in [2.05, 4.69) is 20.8 Å². The van der Waals surface area contributed by atoms with Crippen LogP contribution in [-0.2, 0) is 4.74 Å². The maximum absolute atomic E-state index is 6.06. The van der Waals surface area contributed by atoms with Crippen LogP contribution >= 0.6 is 0 Å². The van der Waals surface area contributed by atoms with Gasteiger partial charge in [0.25, 0.3) is 0 Å². The van der Waals surface area contributed by atoms with Crippen molar-refractivity contribution in [3.8, 4) is 0 Å². The highest BCUT2D eigenvalue weighted by Crippen LogP contribution is 2.30. The molecule has 0 spiro atoms. The average molecular weight is 197 g/mol. The highest BCUT2D eigenvalue weighted by Gasteiger charge is 2.32. The number of nitrogens with two attached hydrogens (primary N) is 1. The van der Waals surface area contributed by atoms with E-state index in [0.29, 0.717) is 0 Å². The minimum atomic E-state index is -0.213. The molecule has 80 valence electrons. The second kappa shape index (κ2) is 4.15. The van der Waals surface area contributed by atoms with Crippen molar-refractivity contribution in [2.24, 2.45) is 11.1 Å². The molecule has 1 aromatic rings. The van der Waals surface area contributed by atoms with Crippen molar-refractivity contribution in [3.63, 3.8) is 0 Å². The smallest absolute Gasteiger partial charge is 0.123 e. The van der Waals surface area contributed by atoms with Crippen molar-refractivity contribution in [1.82, 2.24) is 0 Å². The van der Waals surface area contributed by atoms with Gasteiger partial charge in [0.2, 0.25) is 0 Å². The number of furan rings is 1. The lowest BCUT2D eigenvalue weighted by atomic mass is 9.84. The molecule has 0 amide bonds. The molecule has 3 heteroatoms. The maximum Gasteiger partial charge on any atom is 0.123 e. The van der Waals surface area contributed by atoms with E-state index in [1.54, 1.807) is 13.4 Å². The van der Waals surface area contributed by atoms with Crippen LogP contribution in [0.3, 0.4) is 0 Å². The topological polar surface area (TPSA) is 48.4 Å². The minimum Gasteiger partial charge on any atom is -0.468 e. The van der Waals surface area contributed by atoms with E-state index in [4.69, 9.17) is 14.9 Å². The molecule has 1 rings (SSSR count). The predicted molar refractivity (Wildman–Crippen MR) is 55.9 cm³/mol. The Kier molecular flexibility index (Phi) is 3.34. The van der Waals surface area contributed by atoms with Gasteiger partial charge >= 0.3 is 0 Å². The van der Waals surface area contributed by atoms with Gasteiger partial charge < -0.3 is 14.9 Å². The van der Waals surface area contributed by atoms with E-state index in [1.165, 1.54) is 0 Å². The van der Waals surface area contributed by atoms with Crippen LogP contribution in [0.15, 0.2) is 22.8 Å². The Bertz CT molecular complexity index is 261. The molecular formula is C11H19NO2. The summed E-state index contributed by atoms with van der Waals surface area (Å²) in [7, 11) is 1.68. The number of hydrogen-bond donors (Lipinski definition) is 1. The summed E-state index contributed by atoms with van der Waals surface area (Å²) in [4.78, 5) is 0. The lowest BCUT2D eigenvalue weighted by Gasteiger charge is -2.32. The highest BCUT2D eigenvalue weighted by molar-refractivity contribution is 5.07. The van der Waals surface area contributed by atoms with Crippen LogP contribution in [0.25, 0.3) is 0 Å². The predicted octanol–water partition coefficient (Wildman–Crippen LogP) is 2.34. The first-order chi connectivity index (χ1) is 6.46. The molecule has 0 aliphatic carbocycles. The molecule has 0 bridgehead atoms. The average Bonchev–Trinajstić information content (AvgIpc) is 2.53. The van der Waals surface area contributed by atoms with E-state index in [0.717, 1.165) is 5.76 Å². The van der Waals surface area contributed by atoms with Crippen LogP contribution < -0.4 is 5.73 Å². The van der Waals surface area contributed by atoms with Crippen LogP contribution in [0.5, 0.6) is 0 Å². The standard InChI is InChI=1S/C11H19NO2/c1-11(2,3)10(13-4)9(12)8-6-5-7-14-8/h5-7,9-10H,12H2,1-4H3. The van der Waals surface area contributed by atoms with Gasteiger partial charge in [-0.05, 0) is 17.5 Å². The normalized spacial score (nSPS) is 16.6. The van der Waals surface area contributed by atoms with Crippen LogP contribution in [0, 0.1) is 5.41 Å². The zero-order valence-electron chi connectivity index (χ0n) is 9.28. The van der Waals surface area contributed by atoms with Crippen molar-refractivity contribution >= 4 is 0 Å². The molecule has 2 unspecified atom stereocenters. The molecule has 0 aromatic carbocycles. The van der Waals surface area contributed by atoms with Gasteiger partial charge in [-0.2, -0.15) is 0 Å². The Morgan fingerprint density at radius 1 is 1.43 bits per heavy atom. The van der Waals surface area contributed by atoms with Gasteiger partial charge in [-0.15, -0.1) is 0 Å². The Hall–Kier alpha value is -0.800. The fourth-order valence-electron chi connectivity index (χ4n) is 1.67. The summed E-state index contributed by atoms with van der Waals surface area (Å²) in [6.45, 7) is 6.30. The van der Waals surface area contributed by atoms with Gasteiger partial charge in [0.15, 0.2) is 0 Å². The Balaban J connectivity index is 2.81. The van der Waals surface area contributed by atoms with Gasteiger partial charge in [0.05, 0.1) is 18.4 Å². The van der Waals surface area contributed by atoms with Gasteiger partial charge in [0, 0.05) is 7.11 Å². The van der Waals surface area contributed by atoms with E-state index >= 15 is 0 Å². The quantitative estimate of drug-likeness (QED) is 0.809. The molecule has 0 aliphatic rings. The summed E-state index contributed by atoms with van der Waals surface area (Å²) < 4.78 is 10.7. The van der Waals surface area contributed by atoms with Crippen molar-refractivity contribution < 1.29 is 9.15 Å². The van der Waals surface area contributed by atoms with Crippen LogP contribution in [0.4, 0.5) is 0 Å². The Labute approximate surface area is 85.2 Å². The molecule has 1 aromatic heterocycles. The SMILES string of the molecule is COC(C(N)c1ccco1)C(C)(C)C. The molecule has 0 radical (unpaired) electrons. The highest BCUT2D eigenvalue weighted by atomic mass is 16.5. The zero-order chi connectivity index (χ0) is 10.8. The molecular weight excluding hydrogens is 178 g/mol. The molecule has 3 nitrogen and oxygen atoms in total. The minimum absolute atomic E-state index is 0.000949. The number of rotatable bonds is 3. The fraction of sp³-hybridized carbons (Fsp3) is 0.636. The first kappa shape index (κ1) is 11.3. The fourth-order valence-corrected chi connectivity index (χ4v) is 1.67. The van der Waals surface area contributed by atoms with Gasteiger partial charge in [-0.25, -0.2) is 0 Å². The summed E-state index contributed by atoms with van der Waals surface area (Å²) in [5.74, 6) is 0.770. The molecule has 2 N–H and O–H groups in total. The van der Waals surface area contributed by atoms with E-state index in [1.807, 2.05) is 12.1 Å². The maximum atomic E-state index is 6.06. The Morgan fingerprint density at radius 2 is 2.07 bits per heavy atom. The molecule has 0 saturated carbocycles. The summed E-state index contributed by atoms with van der Waals surface area (Å²) in [5.41, 5.74) is 6.06. The van der Waals surface area contributed by atoms with Gasteiger partial charge in [0.1, 0.15) is 5.76 Å². The lowest BCUT2D eigenvalue weighted by Crippen LogP contribution is -2.38. The van der Waals surface area contributed by atoms with Crippen molar-refractivity contribution in [1.29, 1.82) is 0 Å². The van der Waals surface area contributed by atoms with Gasteiger partial charge in [-0.1, -0.05) is 20.8 Å². The van der Waals surface area contributed by atoms with Crippen molar-refractivity contribution in [3.05, 3.63) is 24.2 Å². The number of ether oxygens (including phenoxy) is 1. The lowest BCUT2D eigenvalue weighted by molar-refractivity contribution is -0.00698. The summed E-state index contributed by atoms with van der Waals surface area (Å²) in [6.07, 6.45) is 1.58. The first-order valence-corrected chi connectivity index (χ1v) is 4.78. The summed E-state index contributed by atoms with van der Waals surface area (Å²) >= 11 is 0. The third-order valence-electron chi connectivity index (χ3n) is 2.31. The molecule has 14 heavy (non-hydrogen) atoms. The Morgan fingerprint density at radius 3 is 2.43 bits per heavy atom. The number of methoxy groups -OCH3 is 1.